The molecular formula is C12H15N3O4S. The van der Waals surface area contributed by atoms with Crippen molar-refractivity contribution in [1.82, 2.24) is 9.29 Å². The Labute approximate surface area is 115 Å². The molecule has 2 aromatic rings. The first-order valence-electron chi connectivity index (χ1n) is 6.24. The Morgan fingerprint density at radius 3 is 2.75 bits per heavy atom. The third-order valence-corrected chi connectivity index (χ3v) is 5.09. The van der Waals surface area contributed by atoms with E-state index in [1.165, 1.54) is 16.7 Å². The van der Waals surface area contributed by atoms with Crippen molar-refractivity contribution in [1.29, 1.82) is 0 Å². The average molecular weight is 297 g/mol. The zero-order valence-corrected chi connectivity index (χ0v) is 11.7. The molecule has 0 atom stereocenters. The van der Waals surface area contributed by atoms with Gasteiger partial charge < -0.3 is 10.2 Å². The van der Waals surface area contributed by atoms with Gasteiger partial charge in [0.2, 0.25) is 10.0 Å². The summed E-state index contributed by atoms with van der Waals surface area (Å²) in [5.74, 6) is -0.521. The molecule has 1 aliphatic rings. The van der Waals surface area contributed by atoms with Gasteiger partial charge in [0.25, 0.3) is 0 Å². The molecule has 7 nitrogen and oxygen atoms in total. The number of hydrogen-bond acceptors (Lipinski definition) is 5. The molecule has 0 amide bonds. The van der Waals surface area contributed by atoms with Crippen LogP contribution in [-0.2, 0) is 17.1 Å². The van der Waals surface area contributed by atoms with E-state index in [9.17, 15) is 13.2 Å². The Kier molecular flexibility index (Phi) is 2.96. The third-order valence-electron chi connectivity index (χ3n) is 3.57. The van der Waals surface area contributed by atoms with Crippen molar-refractivity contribution in [2.24, 2.45) is 12.8 Å². The molecule has 0 unspecified atom stereocenters. The minimum absolute atomic E-state index is 0.0670. The van der Waals surface area contributed by atoms with E-state index in [-0.39, 0.29) is 22.6 Å². The molecule has 3 rings (SSSR count). The second-order valence-electron chi connectivity index (χ2n) is 5.11. The fraction of sp³-hybridized carbons (Fsp3) is 0.417. The molecule has 0 bridgehead atoms. The van der Waals surface area contributed by atoms with Gasteiger partial charge in [-0.05, 0) is 25.0 Å². The lowest BCUT2D eigenvalue weighted by molar-refractivity contribution is 0.327. The van der Waals surface area contributed by atoms with Gasteiger partial charge in [0.05, 0.1) is 10.4 Å². The Balaban J connectivity index is 1.95. The number of rotatable bonds is 3. The number of aryl methyl sites for hydroxylation is 1. The first-order chi connectivity index (χ1) is 9.37. The van der Waals surface area contributed by atoms with Crippen LogP contribution in [-0.4, -0.2) is 25.1 Å². The maximum Gasteiger partial charge on any atom is 0.419 e. The van der Waals surface area contributed by atoms with Crippen LogP contribution in [0.15, 0.2) is 32.3 Å². The normalized spacial score (nSPS) is 22.9. The summed E-state index contributed by atoms with van der Waals surface area (Å²) in [5, 5.41) is 0. The monoisotopic (exact) mass is 297 g/mol. The molecule has 1 saturated carbocycles. The van der Waals surface area contributed by atoms with Crippen molar-refractivity contribution in [2.45, 2.75) is 29.8 Å². The highest BCUT2D eigenvalue weighted by Crippen LogP contribution is 2.22. The zero-order valence-electron chi connectivity index (χ0n) is 10.9. The molecule has 8 heteroatoms. The number of aromatic nitrogens is 1. The second-order valence-corrected chi connectivity index (χ2v) is 6.82. The SMILES string of the molecule is Cn1c(=O)oc2cc(S(=O)(=O)NC3CC(N)C3)ccc21. The zero-order chi connectivity index (χ0) is 14.5. The molecule has 108 valence electrons. The minimum Gasteiger partial charge on any atom is -0.408 e. The Morgan fingerprint density at radius 2 is 2.10 bits per heavy atom. The van der Waals surface area contributed by atoms with Crippen molar-refractivity contribution in [2.75, 3.05) is 0 Å². The first-order valence-corrected chi connectivity index (χ1v) is 7.72. The number of nitrogens with zero attached hydrogens (tertiary/aromatic N) is 1. The van der Waals surface area contributed by atoms with Crippen molar-refractivity contribution in [3.63, 3.8) is 0 Å². The van der Waals surface area contributed by atoms with Gasteiger partial charge in [-0.3, -0.25) is 4.57 Å². The highest BCUT2D eigenvalue weighted by Gasteiger charge is 2.30. The Hall–Kier alpha value is -1.64. The number of benzene rings is 1. The first kappa shape index (κ1) is 13.3. The van der Waals surface area contributed by atoms with Gasteiger partial charge in [0.15, 0.2) is 5.58 Å². The van der Waals surface area contributed by atoms with Crippen LogP contribution >= 0.6 is 0 Å². The fourth-order valence-electron chi connectivity index (χ4n) is 2.33. The number of fused-ring (bicyclic) bond motifs is 1. The number of oxazole rings is 1. The van der Waals surface area contributed by atoms with Gasteiger partial charge in [0, 0.05) is 25.2 Å². The summed E-state index contributed by atoms with van der Waals surface area (Å²) < 4.78 is 33.3. The molecule has 1 aliphatic carbocycles. The molecule has 0 spiro atoms. The summed E-state index contributed by atoms with van der Waals surface area (Å²) >= 11 is 0. The summed E-state index contributed by atoms with van der Waals surface area (Å²) in [6.07, 6.45) is 1.28. The van der Waals surface area contributed by atoms with Crippen molar-refractivity contribution < 1.29 is 12.8 Å². The van der Waals surface area contributed by atoms with Gasteiger partial charge in [-0.25, -0.2) is 17.9 Å². The largest absolute Gasteiger partial charge is 0.419 e. The molecule has 0 saturated heterocycles. The van der Waals surface area contributed by atoms with Crippen molar-refractivity contribution in [3.8, 4) is 0 Å². The maximum absolute atomic E-state index is 12.2. The van der Waals surface area contributed by atoms with E-state index < -0.39 is 15.8 Å². The molecule has 0 radical (unpaired) electrons. The molecule has 0 aliphatic heterocycles. The minimum atomic E-state index is -3.62. The van der Waals surface area contributed by atoms with Gasteiger partial charge in [0.1, 0.15) is 0 Å². The lowest BCUT2D eigenvalue weighted by Gasteiger charge is -2.32. The van der Waals surface area contributed by atoms with Crippen molar-refractivity contribution >= 4 is 21.1 Å². The quantitative estimate of drug-likeness (QED) is 0.822. The second kappa shape index (κ2) is 4.44. The van der Waals surface area contributed by atoms with Gasteiger partial charge in [-0.15, -0.1) is 0 Å². The smallest absolute Gasteiger partial charge is 0.408 e. The van der Waals surface area contributed by atoms with Crippen LogP contribution in [0.25, 0.3) is 11.1 Å². The van der Waals surface area contributed by atoms with E-state index in [1.807, 2.05) is 0 Å². The van der Waals surface area contributed by atoms with Crippen LogP contribution in [0.1, 0.15) is 12.8 Å². The average Bonchev–Trinajstić information content (AvgIpc) is 2.62. The van der Waals surface area contributed by atoms with E-state index >= 15 is 0 Å². The van der Waals surface area contributed by atoms with E-state index in [0.29, 0.717) is 18.4 Å². The molecular weight excluding hydrogens is 282 g/mol. The molecule has 1 heterocycles. The summed E-state index contributed by atoms with van der Waals surface area (Å²) in [5.41, 5.74) is 6.44. The Bertz CT molecular complexity index is 815. The van der Waals surface area contributed by atoms with Crippen LogP contribution in [0.4, 0.5) is 0 Å². The lowest BCUT2D eigenvalue weighted by Crippen LogP contribution is -2.50. The molecule has 1 aromatic heterocycles. The van der Waals surface area contributed by atoms with Gasteiger partial charge in [-0.2, -0.15) is 0 Å². The highest BCUT2D eigenvalue weighted by molar-refractivity contribution is 7.89. The molecule has 3 N–H and O–H groups in total. The van der Waals surface area contributed by atoms with E-state index in [4.69, 9.17) is 10.2 Å². The van der Waals surface area contributed by atoms with Crippen LogP contribution in [0.2, 0.25) is 0 Å². The van der Waals surface area contributed by atoms with E-state index in [0.717, 1.165) is 0 Å². The summed E-state index contributed by atoms with van der Waals surface area (Å²) in [7, 11) is -2.05. The van der Waals surface area contributed by atoms with E-state index in [1.54, 1.807) is 13.1 Å². The molecule has 20 heavy (non-hydrogen) atoms. The Morgan fingerprint density at radius 1 is 1.40 bits per heavy atom. The lowest BCUT2D eigenvalue weighted by atomic mass is 9.89. The predicted octanol–water partition coefficient (Wildman–Crippen LogP) is -0.101. The number of nitrogens with one attached hydrogen (secondary N) is 1. The third kappa shape index (κ3) is 2.15. The summed E-state index contributed by atoms with van der Waals surface area (Å²) in [6.45, 7) is 0. The fourth-order valence-corrected chi connectivity index (χ4v) is 3.60. The van der Waals surface area contributed by atoms with Crippen LogP contribution in [0, 0.1) is 0 Å². The van der Waals surface area contributed by atoms with Gasteiger partial charge in [-0.1, -0.05) is 0 Å². The van der Waals surface area contributed by atoms with Crippen LogP contribution in [0.3, 0.4) is 0 Å². The van der Waals surface area contributed by atoms with Gasteiger partial charge >= 0.3 is 5.76 Å². The summed E-state index contributed by atoms with van der Waals surface area (Å²) in [6, 6.07) is 4.32. The van der Waals surface area contributed by atoms with Crippen LogP contribution in [0.5, 0.6) is 0 Å². The molecule has 1 fully saturated rings. The predicted molar refractivity (Wildman–Crippen MR) is 72.8 cm³/mol. The standard InChI is InChI=1S/C12H15N3O4S/c1-15-10-3-2-9(6-11(10)19-12(15)16)20(17,18)14-8-4-7(13)5-8/h2-3,6-8,14H,4-5,13H2,1H3. The summed E-state index contributed by atoms with van der Waals surface area (Å²) in [4.78, 5) is 11.5. The number of hydrogen-bond donors (Lipinski definition) is 2. The maximum atomic E-state index is 12.2. The van der Waals surface area contributed by atoms with E-state index in [2.05, 4.69) is 4.72 Å². The van der Waals surface area contributed by atoms with Crippen molar-refractivity contribution in [3.05, 3.63) is 28.7 Å². The number of sulfonamides is 1. The molecule has 1 aromatic carbocycles. The topological polar surface area (TPSA) is 107 Å². The number of nitrogens with two attached hydrogens (primary N) is 1. The highest BCUT2D eigenvalue weighted by atomic mass is 32.2. The van der Waals surface area contributed by atoms with Crippen LogP contribution < -0.4 is 16.2 Å².